The Bertz CT molecular complexity index is 4220. The summed E-state index contributed by atoms with van der Waals surface area (Å²) in [4.78, 5) is 7.53. The van der Waals surface area contributed by atoms with Gasteiger partial charge in [-0.15, -0.1) is 0 Å². The van der Waals surface area contributed by atoms with Gasteiger partial charge < -0.3 is 14.7 Å². The Morgan fingerprint density at radius 2 is 0.942 bits per heavy atom. The number of benzene rings is 8. The zero-order valence-electron chi connectivity index (χ0n) is 58.9. The molecule has 0 radical (unpaired) electrons. The lowest BCUT2D eigenvalue weighted by Crippen LogP contribution is -2.62. The molecule has 0 spiro atoms. The Morgan fingerprint density at radius 1 is 0.430 bits per heavy atom. The zero-order chi connectivity index (χ0) is 64.2. The van der Waals surface area contributed by atoms with Gasteiger partial charge in [0, 0.05) is 55.0 Å². The van der Waals surface area contributed by atoms with Crippen LogP contribution in [0.25, 0.3) is 11.1 Å². The molecule has 86 heavy (non-hydrogen) atoms. The predicted octanol–water partition coefficient (Wildman–Crippen LogP) is 21.1. The van der Waals surface area contributed by atoms with E-state index >= 15 is 0 Å². The molecule has 0 unspecified atom stereocenters. The summed E-state index contributed by atoms with van der Waals surface area (Å²) < 4.78 is 28.7. The van der Waals surface area contributed by atoms with E-state index in [-0.39, 0.29) is 44.6 Å². The average molecular weight is 1140 g/mol. The number of hydrogen-bond acceptors (Lipinski definition) is 3. The van der Waals surface area contributed by atoms with Crippen molar-refractivity contribution in [3.63, 3.8) is 0 Å². The molecule has 0 atom stereocenters. The minimum Gasteiger partial charge on any atom is -0.311 e. The van der Waals surface area contributed by atoms with Crippen LogP contribution in [0.3, 0.4) is 0 Å². The van der Waals surface area contributed by atoms with E-state index < -0.39 is 12.3 Å². The maximum atomic E-state index is 9.56. The molecule has 2 heterocycles. The SMILES string of the molecule is [2H]C([2H])([2H])c1cc2c3c(c1)N(c1cccc4c1C(C)(C)c1cc(C(C)(C)C)ccc1-4)c1cc(N(c4ccc(C(C)(C)C)cc4C)c4ccc(C(C)(C)C)cc4C)ccc1B3c1cc3c(cc1N2c1ccc2c(c1)C(C)(C)CCC2(C)C)C(C)(C)CCC3(C)C. The van der Waals surface area contributed by atoms with Crippen molar-refractivity contribution in [2.24, 2.45) is 0 Å². The first-order valence-electron chi connectivity index (χ1n) is 33.8. The summed E-state index contributed by atoms with van der Waals surface area (Å²) >= 11 is 0. The minimum atomic E-state index is -2.44. The van der Waals surface area contributed by atoms with Crippen molar-refractivity contribution in [2.75, 3.05) is 14.7 Å². The lowest BCUT2D eigenvalue weighted by molar-refractivity contribution is 0.332. The third-order valence-electron chi connectivity index (χ3n) is 21.7. The molecule has 0 saturated carbocycles. The summed E-state index contributed by atoms with van der Waals surface area (Å²) in [5.41, 5.74) is 29.5. The topological polar surface area (TPSA) is 9.72 Å². The fourth-order valence-corrected chi connectivity index (χ4v) is 16.1. The summed E-state index contributed by atoms with van der Waals surface area (Å²) in [6.45, 7) is 46.8. The van der Waals surface area contributed by atoms with Crippen molar-refractivity contribution in [3.8, 4) is 11.1 Å². The molecule has 4 heteroatoms. The van der Waals surface area contributed by atoms with Gasteiger partial charge in [-0.2, -0.15) is 0 Å². The molecule has 8 aromatic rings. The molecule has 0 bridgehead atoms. The average Bonchev–Trinajstić information content (AvgIpc) is 1.35. The molecule has 2 aliphatic heterocycles. The first kappa shape index (κ1) is 54.6. The fraction of sp³-hybridized carbons (Fsp3) is 0.415. The summed E-state index contributed by atoms with van der Waals surface area (Å²) in [5, 5.41) is 0. The van der Waals surface area contributed by atoms with Gasteiger partial charge in [-0.25, -0.2) is 0 Å². The Morgan fingerprint density at radius 3 is 1.50 bits per heavy atom. The van der Waals surface area contributed by atoms with Crippen LogP contribution in [-0.4, -0.2) is 6.71 Å². The highest BCUT2D eigenvalue weighted by molar-refractivity contribution is 7.00. The second-order valence-electron chi connectivity index (χ2n) is 33.2. The Hall–Kier alpha value is -6.78. The highest BCUT2D eigenvalue weighted by atomic mass is 15.2. The lowest BCUT2D eigenvalue weighted by atomic mass is 9.33. The first-order chi connectivity index (χ1) is 41.2. The van der Waals surface area contributed by atoms with E-state index in [4.69, 9.17) is 0 Å². The van der Waals surface area contributed by atoms with Crippen LogP contribution < -0.4 is 31.1 Å². The number of hydrogen-bond donors (Lipinski definition) is 0. The summed E-state index contributed by atoms with van der Waals surface area (Å²) in [7, 11) is 0. The fourth-order valence-electron chi connectivity index (χ4n) is 16.1. The largest absolute Gasteiger partial charge is 0.311 e. The van der Waals surface area contributed by atoms with E-state index in [2.05, 4.69) is 294 Å². The Kier molecular flexibility index (Phi) is 12.0. The van der Waals surface area contributed by atoms with Gasteiger partial charge in [0.1, 0.15) is 0 Å². The maximum Gasteiger partial charge on any atom is 0.252 e. The molecular formula is C82H96BN3. The highest BCUT2D eigenvalue weighted by Gasteiger charge is 2.49. The number of fused-ring (bicyclic) bond motifs is 9. The van der Waals surface area contributed by atoms with Gasteiger partial charge in [-0.3, -0.25) is 0 Å². The van der Waals surface area contributed by atoms with E-state index in [1.54, 1.807) is 0 Å². The van der Waals surface area contributed by atoms with Crippen LogP contribution in [-0.2, 0) is 43.3 Å². The number of anilines is 9. The van der Waals surface area contributed by atoms with E-state index in [0.717, 1.165) is 82.3 Å². The predicted molar refractivity (Wildman–Crippen MR) is 374 cm³/mol. The zero-order valence-corrected chi connectivity index (χ0v) is 55.9. The van der Waals surface area contributed by atoms with Crippen molar-refractivity contribution in [1.82, 2.24) is 0 Å². The second-order valence-corrected chi connectivity index (χ2v) is 33.2. The van der Waals surface area contributed by atoms with Crippen LogP contribution in [0.4, 0.5) is 51.2 Å². The van der Waals surface area contributed by atoms with Crippen molar-refractivity contribution >= 4 is 74.3 Å². The molecule has 0 N–H and O–H groups in total. The number of nitrogens with zero attached hydrogens (tertiary/aromatic N) is 3. The van der Waals surface area contributed by atoms with Crippen LogP contribution >= 0.6 is 0 Å². The molecule has 0 saturated heterocycles. The van der Waals surface area contributed by atoms with Gasteiger partial charge in [-0.05, 0) is 239 Å². The van der Waals surface area contributed by atoms with E-state index in [1.165, 1.54) is 83.3 Å². The lowest BCUT2D eigenvalue weighted by Gasteiger charge is -2.48. The normalized spacial score (nSPS) is 18.8. The smallest absolute Gasteiger partial charge is 0.252 e. The van der Waals surface area contributed by atoms with Crippen molar-refractivity contribution in [3.05, 3.63) is 200 Å². The molecule has 0 amide bonds. The Balaban J connectivity index is 1.17. The highest BCUT2D eigenvalue weighted by Crippen LogP contribution is 2.58. The van der Waals surface area contributed by atoms with Crippen molar-refractivity contribution in [2.45, 2.75) is 221 Å². The molecule has 0 fully saturated rings. The first-order valence-corrected chi connectivity index (χ1v) is 32.3. The van der Waals surface area contributed by atoms with Crippen LogP contribution in [0.15, 0.2) is 133 Å². The van der Waals surface area contributed by atoms with Gasteiger partial charge in [0.05, 0.1) is 5.69 Å². The van der Waals surface area contributed by atoms with Gasteiger partial charge >= 0.3 is 0 Å². The molecule has 8 aromatic carbocycles. The van der Waals surface area contributed by atoms with Crippen LogP contribution in [0.5, 0.6) is 0 Å². The Labute approximate surface area is 523 Å². The van der Waals surface area contributed by atoms with Gasteiger partial charge in [0.25, 0.3) is 6.71 Å². The number of aryl methyl sites for hydroxylation is 3. The van der Waals surface area contributed by atoms with Crippen LogP contribution in [0.2, 0.25) is 0 Å². The van der Waals surface area contributed by atoms with E-state index in [9.17, 15) is 4.11 Å². The third kappa shape index (κ3) is 8.92. The second kappa shape index (κ2) is 18.9. The van der Waals surface area contributed by atoms with Crippen LogP contribution in [0, 0.1) is 20.7 Å². The van der Waals surface area contributed by atoms with Crippen LogP contribution in [0.1, 0.15) is 228 Å². The molecule has 3 nitrogen and oxygen atoms in total. The monoisotopic (exact) mass is 1140 g/mol. The molecule has 442 valence electrons. The standard InChI is InChI=1S/C82H96BN3/c1-49-40-71-74-72(41-49)86(68-25-23-24-58-57-31-26-54(77(10,11)12)44-60(57)82(21,22)73(58)68)69-46-56(84(66-34-27-52(42-50(66)2)75(4,5)6)67-35-28-53(43-51(67)3)76(7,8)9)30-33-64(69)83(74)65-47-62-63(81(19,20)39-38-80(62,17)18)48-70(65)85(71)55-29-32-59-61(45-55)79(15,16)37-36-78(59,13)14/h23-35,40-48H,36-39H2,1-22H3/i1D3. The van der Waals surface area contributed by atoms with E-state index in [0.29, 0.717) is 5.56 Å². The summed E-state index contributed by atoms with van der Waals surface area (Å²) in [5.74, 6) is 0. The minimum absolute atomic E-state index is 0.0167. The van der Waals surface area contributed by atoms with E-state index in [1.807, 2.05) is 0 Å². The van der Waals surface area contributed by atoms with Gasteiger partial charge in [0.15, 0.2) is 0 Å². The molecular weight excluding hydrogens is 1040 g/mol. The maximum absolute atomic E-state index is 9.56. The molecule has 5 aliphatic rings. The third-order valence-corrected chi connectivity index (χ3v) is 21.7. The van der Waals surface area contributed by atoms with Crippen molar-refractivity contribution < 1.29 is 4.11 Å². The van der Waals surface area contributed by atoms with Crippen molar-refractivity contribution in [1.29, 1.82) is 0 Å². The molecule has 0 aromatic heterocycles. The quantitative estimate of drug-likeness (QED) is 0.159. The number of rotatable bonds is 5. The van der Waals surface area contributed by atoms with Gasteiger partial charge in [0.2, 0.25) is 0 Å². The van der Waals surface area contributed by atoms with Gasteiger partial charge in [-0.1, -0.05) is 204 Å². The summed E-state index contributed by atoms with van der Waals surface area (Å²) in [6.07, 6.45) is 4.37. The molecule has 3 aliphatic carbocycles. The summed E-state index contributed by atoms with van der Waals surface area (Å²) in [6, 6.07) is 52.0. The molecule has 13 rings (SSSR count).